The maximum atomic E-state index is 10.2. The largest absolute Gasteiger partial charge is 0.390 e. The number of aliphatic hydroxyl groups excluding tert-OH is 1. The van der Waals surface area contributed by atoms with Crippen LogP contribution in [0.2, 0.25) is 0 Å². The van der Waals surface area contributed by atoms with E-state index in [1.54, 1.807) is 11.8 Å². The van der Waals surface area contributed by atoms with Gasteiger partial charge in [0, 0.05) is 6.42 Å². The number of benzene rings is 1. The summed E-state index contributed by atoms with van der Waals surface area (Å²) in [7, 11) is 0. The lowest BCUT2D eigenvalue weighted by atomic mass is 10.1. The first-order valence-corrected chi connectivity index (χ1v) is 7.40. The normalized spacial score (nSPS) is 21.2. The lowest BCUT2D eigenvalue weighted by Gasteiger charge is -2.18. The van der Waals surface area contributed by atoms with Gasteiger partial charge in [0.15, 0.2) is 0 Å². The van der Waals surface area contributed by atoms with Crippen LogP contribution in [0.25, 0.3) is 0 Å². The molecule has 2 N–H and O–H groups in total. The predicted octanol–water partition coefficient (Wildman–Crippen LogP) is 2.27. The van der Waals surface area contributed by atoms with Crippen LogP contribution >= 0.6 is 11.8 Å². The second-order valence-corrected chi connectivity index (χ2v) is 5.38. The third kappa shape index (κ3) is 2.43. The van der Waals surface area contributed by atoms with Gasteiger partial charge in [0.2, 0.25) is 0 Å². The van der Waals surface area contributed by atoms with Crippen LogP contribution in [-0.4, -0.2) is 27.7 Å². The van der Waals surface area contributed by atoms with Crippen molar-refractivity contribution in [3.05, 3.63) is 47.5 Å². The van der Waals surface area contributed by atoms with Gasteiger partial charge in [-0.1, -0.05) is 24.3 Å². The Balaban J connectivity index is 1.82. The number of fused-ring (bicyclic) bond motifs is 1. The predicted molar refractivity (Wildman–Crippen MR) is 76.3 cm³/mol. The lowest BCUT2D eigenvalue weighted by molar-refractivity contribution is 0.165. The van der Waals surface area contributed by atoms with Gasteiger partial charge in [-0.05, 0) is 29.5 Å². The zero-order valence-electron chi connectivity index (χ0n) is 10.6. The molecule has 1 heterocycles. The maximum Gasteiger partial charge on any atom is 0.149 e. The minimum atomic E-state index is -0.417. The van der Waals surface area contributed by atoms with Crippen LogP contribution in [0.3, 0.4) is 0 Å². The number of hydrogen-bond acceptors (Lipinski definition) is 5. The Morgan fingerprint density at radius 2 is 2.05 bits per heavy atom. The van der Waals surface area contributed by atoms with Crippen molar-refractivity contribution in [2.75, 3.05) is 11.6 Å². The van der Waals surface area contributed by atoms with Crippen LogP contribution < -0.4 is 5.32 Å². The maximum absolute atomic E-state index is 10.2. The molecule has 98 valence electrons. The highest BCUT2D eigenvalue weighted by molar-refractivity contribution is 7.98. The molecule has 0 unspecified atom stereocenters. The molecule has 2 aromatic rings. The number of nitrogens with zero attached hydrogens (tertiary/aromatic N) is 2. The van der Waals surface area contributed by atoms with Gasteiger partial charge < -0.3 is 10.4 Å². The van der Waals surface area contributed by atoms with Crippen molar-refractivity contribution >= 4 is 17.6 Å². The van der Waals surface area contributed by atoms with E-state index in [2.05, 4.69) is 21.6 Å². The van der Waals surface area contributed by atoms with Gasteiger partial charge in [-0.3, -0.25) is 0 Å². The average molecular weight is 273 g/mol. The minimum absolute atomic E-state index is 0.106. The van der Waals surface area contributed by atoms with Crippen molar-refractivity contribution in [2.24, 2.45) is 0 Å². The Hall–Kier alpha value is -1.59. The van der Waals surface area contributed by atoms with Gasteiger partial charge >= 0.3 is 0 Å². The quantitative estimate of drug-likeness (QED) is 0.840. The van der Waals surface area contributed by atoms with Crippen LogP contribution in [-0.2, 0) is 6.42 Å². The number of hydrogen-bond donors (Lipinski definition) is 2. The van der Waals surface area contributed by atoms with Gasteiger partial charge in [-0.25, -0.2) is 0 Å². The zero-order chi connectivity index (χ0) is 13.2. The van der Waals surface area contributed by atoms with E-state index < -0.39 is 6.10 Å². The Morgan fingerprint density at radius 3 is 2.79 bits per heavy atom. The second-order valence-electron chi connectivity index (χ2n) is 4.55. The first-order chi connectivity index (χ1) is 9.28. The van der Waals surface area contributed by atoms with E-state index in [9.17, 15) is 5.11 Å². The van der Waals surface area contributed by atoms with Crippen LogP contribution in [0.4, 0.5) is 5.82 Å². The molecule has 0 saturated carbocycles. The Bertz CT molecular complexity index is 573. The first kappa shape index (κ1) is 12.4. The van der Waals surface area contributed by atoms with E-state index in [1.807, 2.05) is 36.6 Å². The summed E-state index contributed by atoms with van der Waals surface area (Å²) in [6.45, 7) is 0. The van der Waals surface area contributed by atoms with Gasteiger partial charge in [-0.15, -0.1) is 22.0 Å². The molecular weight excluding hydrogens is 258 g/mol. The molecular formula is C14H15N3OS. The summed E-state index contributed by atoms with van der Waals surface area (Å²) in [6, 6.07) is 11.8. The average Bonchev–Trinajstić information content (AvgIpc) is 2.76. The molecule has 1 aliphatic rings. The molecule has 0 amide bonds. The molecule has 19 heavy (non-hydrogen) atoms. The van der Waals surface area contributed by atoms with Crippen molar-refractivity contribution in [1.29, 1.82) is 0 Å². The standard InChI is InChI=1S/C14H15N3OS/c1-19-13-7-6-12(16-17-13)15-14-10-5-3-2-4-9(10)8-11(14)18/h2-7,11,14,18H,8H2,1H3,(H,15,16)/t11-,14+/m1/s1. The summed E-state index contributed by atoms with van der Waals surface area (Å²) in [5.41, 5.74) is 2.34. The number of aromatic nitrogens is 2. The third-order valence-corrected chi connectivity index (χ3v) is 3.99. The van der Waals surface area contributed by atoms with Crippen molar-refractivity contribution in [1.82, 2.24) is 10.2 Å². The lowest BCUT2D eigenvalue weighted by Crippen LogP contribution is -2.21. The van der Waals surface area contributed by atoms with Crippen LogP contribution in [0, 0.1) is 0 Å². The molecule has 0 spiro atoms. The SMILES string of the molecule is CSc1ccc(N[C@H]2c3ccccc3C[C@H]2O)nn1. The minimum Gasteiger partial charge on any atom is -0.390 e. The van der Waals surface area contributed by atoms with Gasteiger partial charge in [0.25, 0.3) is 0 Å². The summed E-state index contributed by atoms with van der Waals surface area (Å²) in [5, 5.41) is 22.5. The molecule has 1 aromatic heterocycles. The van der Waals surface area contributed by atoms with Gasteiger partial charge in [0.1, 0.15) is 10.8 Å². The number of anilines is 1. The van der Waals surface area contributed by atoms with E-state index >= 15 is 0 Å². The summed E-state index contributed by atoms with van der Waals surface area (Å²) in [5.74, 6) is 0.693. The van der Waals surface area contributed by atoms with Crippen molar-refractivity contribution in [2.45, 2.75) is 23.6 Å². The molecule has 5 heteroatoms. The summed E-state index contributed by atoms with van der Waals surface area (Å²) >= 11 is 1.56. The molecule has 4 nitrogen and oxygen atoms in total. The topological polar surface area (TPSA) is 58.0 Å². The number of nitrogens with one attached hydrogen (secondary N) is 1. The molecule has 2 atom stereocenters. The fourth-order valence-electron chi connectivity index (χ4n) is 2.41. The number of aliphatic hydroxyl groups is 1. The molecule has 3 rings (SSSR count). The number of thioether (sulfide) groups is 1. The monoisotopic (exact) mass is 273 g/mol. The van der Waals surface area contributed by atoms with Crippen molar-refractivity contribution in [3.8, 4) is 0 Å². The van der Waals surface area contributed by atoms with Crippen LogP contribution in [0.15, 0.2) is 41.4 Å². The van der Waals surface area contributed by atoms with Crippen molar-refractivity contribution < 1.29 is 5.11 Å². The third-order valence-electron chi connectivity index (χ3n) is 3.36. The summed E-state index contributed by atoms with van der Waals surface area (Å²) in [6.07, 6.45) is 2.23. The Labute approximate surface area is 116 Å². The fraction of sp³-hybridized carbons (Fsp3) is 0.286. The van der Waals surface area contributed by atoms with E-state index in [1.165, 1.54) is 5.56 Å². The summed E-state index contributed by atoms with van der Waals surface area (Å²) in [4.78, 5) is 0. The van der Waals surface area contributed by atoms with Gasteiger partial charge in [-0.2, -0.15) is 0 Å². The van der Waals surface area contributed by atoms with E-state index in [0.29, 0.717) is 12.2 Å². The van der Waals surface area contributed by atoms with Crippen molar-refractivity contribution in [3.63, 3.8) is 0 Å². The molecule has 0 fully saturated rings. The first-order valence-electron chi connectivity index (χ1n) is 6.18. The number of rotatable bonds is 3. The van der Waals surface area contributed by atoms with E-state index in [-0.39, 0.29) is 6.04 Å². The smallest absolute Gasteiger partial charge is 0.149 e. The van der Waals surface area contributed by atoms with Crippen LogP contribution in [0.5, 0.6) is 0 Å². The Morgan fingerprint density at radius 1 is 1.21 bits per heavy atom. The Kier molecular flexibility index (Phi) is 3.40. The fourth-order valence-corrected chi connectivity index (χ4v) is 2.74. The van der Waals surface area contributed by atoms with Gasteiger partial charge in [0.05, 0.1) is 12.1 Å². The molecule has 1 aromatic carbocycles. The highest BCUT2D eigenvalue weighted by Crippen LogP contribution is 2.33. The molecule has 0 aliphatic heterocycles. The molecule has 0 bridgehead atoms. The molecule has 0 saturated heterocycles. The molecule has 0 radical (unpaired) electrons. The van der Waals surface area contributed by atoms with E-state index in [4.69, 9.17) is 0 Å². The molecule has 1 aliphatic carbocycles. The highest BCUT2D eigenvalue weighted by atomic mass is 32.2. The second kappa shape index (κ2) is 5.19. The summed E-state index contributed by atoms with van der Waals surface area (Å²) < 4.78 is 0. The zero-order valence-corrected chi connectivity index (χ0v) is 11.4. The van der Waals surface area contributed by atoms with Crippen LogP contribution in [0.1, 0.15) is 17.2 Å². The van der Waals surface area contributed by atoms with E-state index in [0.717, 1.165) is 10.6 Å². The highest BCUT2D eigenvalue weighted by Gasteiger charge is 2.30.